The maximum Gasteiger partial charge on any atom is 0.340 e. The van der Waals surface area contributed by atoms with Crippen LogP contribution in [0.25, 0.3) is 5.82 Å². The average molecular weight is 478 g/mol. The summed E-state index contributed by atoms with van der Waals surface area (Å²) in [5.74, 6) is 0.440. The second-order valence-corrected chi connectivity index (χ2v) is 8.30. The van der Waals surface area contributed by atoms with Gasteiger partial charge in [-0.1, -0.05) is 12.1 Å². The molecule has 1 amide bonds. The van der Waals surface area contributed by atoms with Gasteiger partial charge >= 0.3 is 5.97 Å². The second-order valence-electron chi connectivity index (χ2n) is 7.47. The Bertz CT molecular complexity index is 1330. The maximum absolute atomic E-state index is 12.5. The van der Waals surface area contributed by atoms with Gasteiger partial charge in [-0.15, -0.1) is 11.3 Å². The first-order valence-electron chi connectivity index (χ1n) is 10.4. The Morgan fingerprint density at radius 2 is 1.94 bits per heavy atom. The van der Waals surface area contributed by atoms with Crippen molar-refractivity contribution >= 4 is 34.0 Å². The van der Waals surface area contributed by atoms with Gasteiger partial charge in [0.2, 0.25) is 5.91 Å². The number of carbonyl (C=O) groups is 2. The van der Waals surface area contributed by atoms with Crippen molar-refractivity contribution in [3.05, 3.63) is 76.7 Å². The van der Waals surface area contributed by atoms with Crippen molar-refractivity contribution in [3.8, 4) is 11.6 Å². The van der Waals surface area contributed by atoms with Crippen molar-refractivity contribution in [1.82, 2.24) is 19.7 Å². The number of rotatable bonds is 7. The predicted molar refractivity (Wildman–Crippen MR) is 128 cm³/mol. The van der Waals surface area contributed by atoms with Gasteiger partial charge in [-0.2, -0.15) is 5.10 Å². The van der Waals surface area contributed by atoms with Crippen LogP contribution in [0.15, 0.2) is 54.0 Å². The number of hydrogen-bond donors (Lipinski definition) is 0. The number of thiazole rings is 1. The monoisotopic (exact) mass is 477 g/mol. The van der Waals surface area contributed by atoms with Crippen LogP contribution in [0.5, 0.6) is 5.75 Å². The fourth-order valence-corrected chi connectivity index (χ4v) is 4.27. The van der Waals surface area contributed by atoms with E-state index in [4.69, 9.17) is 9.47 Å². The van der Waals surface area contributed by atoms with Crippen molar-refractivity contribution in [2.45, 2.75) is 27.4 Å². The van der Waals surface area contributed by atoms with E-state index in [-0.39, 0.29) is 12.5 Å². The number of nitrogens with zero attached hydrogens (tertiary/aromatic N) is 5. The van der Waals surface area contributed by atoms with E-state index in [1.807, 2.05) is 32.0 Å². The van der Waals surface area contributed by atoms with Gasteiger partial charge < -0.3 is 9.47 Å². The number of para-hydroxylation sites is 2. The lowest BCUT2D eigenvalue weighted by Gasteiger charge is -2.20. The Hall–Kier alpha value is -4.05. The molecule has 0 saturated carbocycles. The molecule has 0 unspecified atom stereocenters. The van der Waals surface area contributed by atoms with E-state index >= 15 is 0 Å². The molecule has 0 saturated heterocycles. The lowest BCUT2D eigenvalue weighted by atomic mass is 10.2. The van der Waals surface area contributed by atoms with Gasteiger partial charge in [0.25, 0.3) is 0 Å². The standard InChI is InChI=1S/C24H23N5O4S/c1-15-11-16(2)29(27-15)22-10-9-18(12-25-22)23(31)33-13-19-14-34-24(26-19)28(17(3)30)20-7-5-6-8-21(20)32-4/h5-12,14H,13H2,1-4H3. The van der Waals surface area contributed by atoms with Gasteiger partial charge in [0.05, 0.1) is 29.7 Å². The van der Waals surface area contributed by atoms with E-state index < -0.39 is 5.97 Å². The third kappa shape index (κ3) is 4.81. The van der Waals surface area contributed by atoms with E-state index in [0.29, 0.717) is 33.6 Å². The number of amides is 1. The zero-order valence-corrected chi connectivity index (χ0v) is 20.0. The SMILES string of the molecule is COc1ccccc1N(C(C)=O)c1nc(COC(=O)c2ccc(-n3nc(C)cc3C)nc2)cs1. The number of ether oxygens (including phenoxy) is 2. The topological polar surface area (TPSA) is 99.4 Å². The van der Waals surface area contributed by atoms with E-state index in [1.165, 1.54) is 29.4 Å². The van der Waals surface area contributed by atoms with Gasteiger partial charge in [0, 0.05) is 24.2 Å². The molecule has 3 aromatic heterocycles. The molecule has 0 aliphatic carbocycles. The third-order valence-corrected chi connectivity index (χ3v) is 5.81. The largest absolute Gasteiger partial charge is 0.495 e. The Labute approximate surface area is 200 Å². The van der Waals surface area contributed by atoms with Crippen molar-refractivity contribution in [1.29, 1.82) is 0 Å². The van der Waals surface area contributed by atoms with E-state index in [2.05, 4.69) is 15.1 Å². The molecule has 0 N–H and O–H groups in total. The van der Waals surface area contributed by atoms with Crippen LogP contribution in [0.4, 0.5) is 10.8 Å². The van der Waals surface area contributed by atoms with Gasteiger partial charge in [-0.3, -0.25) is 9.69 Å². The molecule has 4 aromatic rings. The molecule has 9 nitrogen and oxygen atoms in total. The number of methoxy groups -OCH3 is 1. The third-order valence-electron chi connectivity index (χ3n) is 4.93. The zero-order valence-electron chi connectivity index (χ0n) is 19.2. The Kier molecular flexibility index (Phi) is 6.69. The molecule has 3 heterocycles. The minimum absolute atomic E-state index is 0.0355. The molecule has 0 spiro atoms. The summed E-state index contributed by atoms with van der Waals surface area (Å²) in [4.78, 5) is 35.1. The van der Waals surface area contributed by atoms with Crippen LogP contribution in [0.3, 0.4) is 0 Å². The van der Waals surface area contributed by atoms with Gasteiger partial charge in [-0.05, 0) is 44.2 Å². The number of benzene rings is 1. The quantitative estimate of drug-likeness (QED) is 0.364. The first-order chi connectivity index (χ1) is 16.4. The summed E-state index contributed by atoms with van der Waals surface area (Å²) in [6.45, 7) is 5.26. The van der Waals surface area contributed by atoms with Gasteiger partial charge in [-0.25, -0.2) is 19.4 Å². The molecule has 4 rings (SSSR count). The zero-order chi connectivity index (χ0) is 24.2. The van der Waals surface area contributed by atoms with Crippen molar-refractivity contribution in [3.63, 3.8) is 0 Å². The smallest absolute Gasteiger partial charge is 0.340 e. The van der Waals surface area contributed by atoms with Crippen LogP contribution in [0, 0.1) is 13.8 Å². The molecule has 0 bridgehead atoms. The highest BCUT2D eigenvalue weighted by atomic mass is 32.1. The fraction of sp³-hybridized carbons (Fsp3) is 0.208. The number of pyridine rings is 1. The van der Waals surface area contributed by atoms with Crippen LogP contribution >= 0.6 is 11.3 Å². The molecule has 10 heteroatoms. The lowest BCUT2D eigenvalue weighted by Crippen LogP contribution is -2.23. The molecule has 34 heavy (non-hydrogen) atoms. The molecule has 0 aliphatic heterocycles. The van der Waals surface area contributed by atoms with Crippen LogP contribution in [0.2, 0.25) is 0 Å². The van der Waals surface area contributed by atoms with Gasteiger partial charge in [0.15, 0.2) is 10.9 Å². The number of esters is 1. The highest BCUT2D eigenvalue weighted by molar-refractivity contribution is 7.14. The van der Waals surface area contributed by atoms with Crippen LogP contribution in [-0.2, 0) is 16.1 Å². The summed E-state index contributed by atoms with van der Waals surface area (Å²) in [7, 11) is 1.54. The molecular weight excluding hydrogens is 454 g/mol. The molecular formula is C24H23N5O4S. The number of carbonyl (C=O) groups excluding carboxylic acids is 2. The molecule has 1 aromatic carbocycles. The molecule has 0 radical (unpaired) electrons. The highest BCUT2D eigenvalue weighted by Gasteiger charge is 2.21. The Morgan fingerprint density at radius 1 is 1.15 bits per heavy atom. The first kappa shape index (κ1) is 23.1. The van der Waals surface area contributed by atoms with E-state index in [1.54, 1.807) is 41.4 Å². The minimum atomic E-state index is -0.518. The number of aromatic nitrogens is 4. The lowest BCUT2D eigenvalue weighted by molar-refractivity contribution is -0.115. The van der Waals surface area contributed by atoms with Crippen molar-refractivity contribution in [2.75, 3.05) is 12.0 Å². The summed E-state index contributed by atoms with van der Waals surface area (Å²) < 4.78 is 12.5. The van der Waals surface area contributed by atoms with E-state index in [9.17, 15) is 9.59 Å². The molecule has 0 fully saturated rings. The molecule has 0 aliphatic rings. The van der Waals surface area contributed by atoms with E-state index in [0.717, 1.165) is 11.4 Å². The first-order valence-corrected chi connectivity index (χ1v) is 11.3. The number of anilines is 2. The predicted octanol–water partition coefficient (Wildman–Crippen LogP) is 4.39. The highest BCUT2D eigenvalue weighted by Crippen LogP contribution is 2.35. The van der Waals surface area contributed by atoms with Crippen LogP contribution in [0.1, 0.15) is 34.4 Å². The minimum Gasteiger partial charge on any atom is -0.495 e. The van der Waals surface area contributed by atoms with Crippen molar-refractivity contribution in [2.24, 2.45) is 0 Å². The second kappa shape index (κ2) is 9.84. The van der Waals surface area contributed by atoms with Crippen LogP contribution < -0.4 is 9.64 Å². The normalized spacial score (nSPS) is 10.7. The Balaban J connectivity index is 1.44. The summed E-state index contributed by atoms with van der Waals surface area (Å²) in [6, 6.07) is 12.5. The van der Waals surface area contributed by atoms with Gasteiger partial charge in [0.1, 0.15) is 12.4 Å². The molecule has 0 atom stereocenters. The molecule has 174 valence electrons. The maximum atomic E-state index is 12.5. The number of hydrogen-bond acceptors (Lipinski definition) is 8. The van der Waals surface area contributed by atoms with Crippen molar-refractivity contribution < 1.29 is 19.1 Å². The fourth-order valence-electron chi connectivity index (χ4n) is 3.40. The summed E-state index contributed by atoms with van der Waals surface area (Å²) in [5, 5.41) is 6.59. The van der Waals surface area contributed by atoms with Crippen LogP contribution in [-0.4, -0.2) is 38.7 Å². The summed E-state index contributed by atoms with van der Waals surface area (Å²) in [6.07, 6.45) is 1.46. The average Bonchev–Trinajstić information content (AvgIpc) is 3.43. The Morgan fingerprint density at radius 3 is 2.59 bits per heavy atom. The summed E-state index contributed by atoms with van der Waals surface area (Å²) >= 11 is 1.28. The summed E-state index contributed by atoms with van der Waals surface area (Å²) in [5.41, 5.74) is 3.28. The number of aryl methyl sites for hydroxylation is 2.